The zero-order valence-electron chi connectivity index (χ0n) is 9.10. The van der Waals surface area contributed by atoms with Crippen LogP contribution in [0.5, 0.6) is 0 Å². The maximum atomic E-state index is 11.5. The van der Waals surface area contributed by atoms with E-state index in [0.29, 0.717) is 11.1 Å². The molecule has 5 nitrogen and oxygen atoms in total. The van der Waals surface area contributed by atoms with Gasteiger partial charge in [-0.05, 0) is 18.1 Å². The minimum absolute atomic E-state index is 0.283. The highest BCUT2D eigenvalue weighted by Crippen LogP contribution is 2.23. The molecule has 0 atom stereocenters. The number of hydrogen-bond acceptors (Lipinski definition) is 3. The molecule has 5 heteroatoms. The van der Waals surface area contributed by atoms with Crippen LogP contribution in [-0.2, 0) is 0 Å². The summed E-state index contributed by atoms with van der Waals surface area (Å²) >= 11 is 0. The van der Waals surface area contributed by atoms with E-state index in [2.05, 4.69) is 10.2 Å². The molecular formula is C12H10N2O3. The highest BCUT2D eigenvalue weighted by atomic mass is 16.4. The van der Waals surface area contributed by atoms with Crippen molar-refractivity contribution in [3.8, 4) is 11.1 Å². The highest BCUT2D eigenvalue weighted by Gasteiger charge is 2.17. The number of hydrogen-bond donors (Lipinski definition) is 2. The Balaban J connectivity index is 2.77. The van der Waals surface area contributed by atoms with E-state index >= 15 is 0 Å². The van der Waals surface area contributed by atoms with Gasteiger partial charge in [-0.2, -0.15) is 5.10 Å². The summed E-state index contributed by atoms with van der Waals surface area (Å²) in [7, 11) is 0. The summed E-state index contributed by atoms with van der Waals surface area (Å²) in [6, 6.07) is 7.25. The van der Waals surface area contributed by atoms with Gasteiger partial charge in [-0.15, -0.1) is 0 Å². The molecule has 0 unspecified atom stereocenters. The number of H-pyrrole nitrogens is 1. The number of aromatic carboxylic acids is 1. The lowest BCUT2D eigenvalue weighted by atomic mass is 9.99. The van der Waals surface area contributed by atoms with Crippen LogP contribution < -0.4 is 5.56 Å². The second-order valence-electron chi connectivity index (χ2n) is 3.61. The number of nitrogens with one attached hydrogen (secondary N) is 1. The lowest BCUT2D eigenvalue weighted by Crippen LogP contribution is -2.20. The summed E-state index contributed by atoms with van der Waals surface area (Å²) < 4.78 is 0. The predicted molar refractivity (Wildman–Crippen MR) is 62.0 cm³/mol. The maximum Gasteiger partial charge on any atom is 0.342 e. The van der Waals surface area contributed by atoms with Gasteiger partial charge in [0.25, 0.3) is 5.56 Å². The third-order valence-corrected chi connectivity index (χ3v) is 2.51. The van der Waals surface area contributed by atoms with E-state index in [-0.39, 0.29) is 5.56 Å². The summed E-state index contributed by atoms with van der Waals surface area (Å²) in [6.45, 7) is 1.85. The van der Waals surface area contributed by atoms with Crippen LogP contribution >= 0.6 is 0 Å². The fraction of sp³-hybridized carbons (Fsp3) is 0.0833. The number of carbonyl (C=O) groups is 1. The first-order valence-electron chi connectivity index (χ1n) is 4.98. The molecule has 0 saturated carbocycles. The minimum Gasteiger partial charge on any atom is -0.477 e. The number of carboxylic acid groups (broad SMARTS) is 1. The van der Waals surface area contributed by atoms with E-state index in [1.807, 2.05) is 19.1 Å². The van der Waals surface area contributed by atoms with Crippen molar-refractivity contribution in [3.63, 3.8) is 0 Å². The first-order valence-corrected chi connectivity index (χ1v) is 4.98. The van der Waals surface area contributed by atoms with Gasteiger partial charge in [-0.1, -0.05) is 24.3 Å². The smallest absolute Gasteiger partial charge is 0.342 e. The van der Waals surface area contributed by atoms with Crippen LogP contribution in [0, 0.1) is 6.92 Å². The number of aromatic nitrogens is 2. The Bertz CT molecular complexity index is 632. The Morgan fingerprint density at radius 2 is 2.00 bits per heavy atom. The molecule has 0 radical (unpaired) electrons. The second kappa shape index (κ2) is 4.21. The standard InChI is InChI=1S/C12H10N2O3/c1-7-4-2-3-5-8(7)9-6-13-14-11(15)10(9)12(16)17/h2-6H,1H3,(H,14,15)(H,16,17). The maximum absolute atomic E-state index is 11.5. The summed E-state index contributed by atoms with van der Waals surface area (Å²) in [5.74, 6) is -1.26. The molecule has 17 heavy (non-hydrogen) atoms. The first kappa shape index (κ1) is 11.1. The van der Waals surface area contributed by atoms with Crippen LogP contribution in [0.2, 0.25) is 0 Å². The van der Waals surface area contributed by atoms with Gasteiger partial charge < -0.3 is 5.11 Å². The molecule has 2 aromatic rings. The van der Waals surface area contributed by atoms with Crippen LogP contribution in [0.25, 0.3) is 11.1 Å². The third-order valence-electron chi connectivity index (χ3n) is 2.51. The zero-order valence-corrected chi connectivity index (χ0v) is 9.10. The normalized spacial score (nSPS) is 10.2. The number of benzene rings is 1. The number of aromatic amines is 1. The number of aryl methyl sites for hydroxylation is 1. The molecule has 0 fully saturated rings. The van der Waals surface area contributed by atoms with E-state index in [1.54, 1.807) is 12.1 Å². The van der Waals surface area contributed by atoms with Gasteiger partial charge in [0.05, 0.1) is 6.20 Å². The van der Waals surface area contributed by atoms with E-state index in [0.717, 1.165) is 5.56 Å². The molecule has 0 aliphatic carbocycles. The lowest BCUT2D eigenvalue weighted by Gasteiger charge is -2.07. The number of nitrogens with zero attached hydrogens (tertiary/aromatic N) is 1. The van der Waals surface area contributed by atoms with Crippen LogP contribution in [-0.4, -0.2) is 21.3 Å². The van der Waals surface area contributed by atoms with Crippen molar-refractivity contribution in [1.29, 1.82) is 0 Å². The third kappa shape index (κ3) is 1.94. The van der Waals surface area contributed by atoms with E-state index in [4.69, 9.17) is 5.11 Å². The Morgan fingerprint density at radius 3 is 2.65 bits per heavy atom. The lowest BCUT2D eigenvalue weighted by molar-refractivity contribution is 0.0695. The second-order valence-corrected chi connectivity index (χ2v) is 3.61. The quantitative estimate of drug-likeness (QED) is 0.817. The predicted octanol–water partition coefficient (Wildman–Crippen LogP) is 1.44. The Kier molecular flexibility index (Phi) is 2.74. The molecule has 0 aliphatic heterocycles. The Hall–Kier alpha value is -2.43. The van der Waals surface area contributed by atoms with Gasteiger partial charge in [0.1, 0.15) is 5.56 Å². The topological polar surface area (TPSA) is 83.0 Å². The fourth-order valence-corrected chi connectivity index (χ4v) is 1.69. The van der Waals surface area contributed by atoms with Crippen molar-refractivity contribution >= 4 is 5.97 Å². The van der Waals surface area contributed by atoms with Gasteiger partial charge in [0, 0.05) is 5.56 Å². The van der Waals surface area contributed by atoms with Crippen molar-refractivity contribution in [2.24, 2.45) is 0 Å². The van der Waals surface area contributed by atoms with Gasteiger partial charge in [0.2, 0.25) is 0 Å². The van der Waals surface area contributed by atoms with Crippen LogP contribution in [0.15, 0.2) is 35.3 Å². The van der Waals surface area contributed by atoms with Crippen LogP contribution in [0.3, 0.4) is 0 Å². The van der Waals surface area contributed by atoms with Gasteiger partial charge in [0.15, 0.2) is 0 Å². The van der Waals surface area contributed by atoms with Crippen molar-refractivity contribution in [1.82, 2.24) is 10.2 Å². The summed E-state index contributed by atoms with van der Waals surface area (Å²) in [6.07, 6.45) is 1.35. The molecule has 2 rings (SSSR count). The largest absolute Gasteiger partial charge is 0.477 e. The SMILES string of the molecule is Cc1ccccc1-c1cn[nH]c(=O)c1C(=O)O. The van der Waals surface area contributed by atoms with Gasteiger partial charge in [-0.3, -0.25) is 4.79 Å². The summed E-state index contributed by atoms with van der Waals surface area (Å²) in [5, 5.41) is 14.8. The molecule has 0 saturated heterocycles. The van der Waals surface area contributed by atoms with Crippen molar-refractivity contribution in [2.75, 3.05) is 0 Å². The molecule has 0 amide bonds. The average Bonchev–Trinajstić information content (AvgIpc) is 2.28. The van der Waals surface area contributed by atoms with Crippen molar-refractivity contribution in [3.05, 3.63) is 51.9 Å². The van der Waals surface area contributed by atoms with E-state index < -0.39 is 11.5 Å². The fourth-order valence-electron chi connectivity index (χ4n) is 1.69. The number of rotatable bonds is 2. The van der Waals surface area contributed by atoms with E-state index in [1.165, 1.54) is 6.20 Å². The van der Waals surface area contributed by atoms with Crippen molar-refractivity contribution in [2.45, 2.75) is 6.92 Å². The minimum atomic E-state index is -1.26. The molecule has 1 aromatic carbocycles. The monoisotopic (exact) mass is 230 g/mol. The zero-order chi connectivity index (χ0) is 12.4. The molecule has 0 spiro atoms. The molecule has 86 valence electrons. The average molecular weight is 230 g/mol. The first-order chi connectivity index (χ1) is 8.11. The van der Waals surface area contributed by atoms with Crippen LogP contribution in [0.1, 0.15) is 15.9 Å². The molecule has 2 N–H and O–H groups in total. The Morgan fingerprint density at radius 1 is 1.29 bits per heavy atom. The van der Waals surface area contributed by atoms with Crippen LogP contribution in [0.4, 0.5) is 0 Å². The van der Waals surface area contributed by atoms with Gasteiger partial charge >= 0.3 is 5.97 Å². The summed E-state index contributed by atoms with van der Waals surface area (Å²) in [5.41, 5.74) is 0.942. The molecule has 0 aliphatic rings. The molecule has 0 bridgehead atoms. The van der Waals surface area contributed by atoms with E-state index in [9.17, 15) is 9.59 Å². The number of carboxylic acids is 1. The van der Waals surface area contributed by atoms with Gasteiger partial charge in [-0.25, -0.2) is 9.89 Å². The molecule has 1 heterocycles. The van der Waals surface area contributed by atoms with Crippen molar-refractivity contribution < 1.29 is 9.90 Å². The summed E-state index contributed by atoms with van der Waals surface area (Å²) in [4.78, 5) is 22.5. The molecule has 1 aromatic heterocycles. The highest BCUT2D eigenvalue weighted by molar-refractivity contribution is 5.95. The Labute approximate surface area is 96.7 Å². The molecular weight excluding hydrogens is 220 g/mol.